The lowest BCUT2D eigenvalue weighted by Crippen LogP contribution is -2.34. The van der Waals surface area contributed by atoms with Gasteiger partial charge >= 0.3 is 0 Å². The number of carbonyl (C=O) groups is 3. The van der Waals surface area contributed by atoms with Gasteiger partial charge in [-0.1, -0.05) is 0 Å². The molecule has 1 aliphatic heterocycles. The zero-order valence-corrected chi connectivity index (χ0v) is 18.0. The van der Waals surface area contributed by atoms with Crippen LogP contribution in [0.15, 0.2) is 12.1 Å². The molecule has 152 valence electrons. The molecule has 0 bridgehead atoms. The third-order valence-corrected chi connectivity index (χ3v) is 6.85. The Bertz CT molecular complexity index is 1020. The van der Waals surface area contributed by atoms with E-state index in [-0.39, 0.29) is 23.6 Å². The predicted molar refractivity (Wildman–Crippen MR) is 113 cm³/mol. The molecule has 6 nitrogen and oxygen atoms in total. The van der Waals surface area contributed by atoms with Crippen molar-refractivity contribution in [1.29, 1.82) is 0 Å². The summed E-state index contributed by atoms with van der Waals surface area (Å²) in [4.78, 5) is 43.9. The monoisotopic (exact) mass is 411 g/mol. The van der Waals surface area contributed by atoms with Gasteiger partial charge in [0.25, 0.3) is 5.91 Å². The molecule has 0 unspecified atom stereocenters. The van der Waals surface area contributed by atoms with Crippen molar-refractivity contribution in [3.63, 3.8) is 0 Å². The third-order valence-electron chi connectivity index (χ3n) is 5.65. The van der Waals surface area contributed by atoms with Crippen LogP contribution in [0.1, 0.15) is 60.2 Å². The van der Waals surface area contributed by atoms with Crippen LogP contribution in [0.2, 0.25) is 0 Å². The summed E-state index contributed by atoms with van der Waals surface area (Å²) in [5.41, 5.74) is 3.87. The quantitative estimate of drug-likeness (QED) is 0.780. The largest absolute Gasteiger partial charge is 0.331 e. The number of hydrogen-bond acceptors (Lipinski definition) is 5. The van der Waals surface area contributed by atoms with Crippen LogP contribution >= 0.6 is 11.3 Å². The molecule has 1 aromatic carbocycles. The molecule has 1 aromatic heterocycles. The maximum absolute atomic E-state index is 13.1. The molecule has 0 radical (unpaired) electrons. The van der Waals surface area contributed by atoms with Crippen LogP contribution in [0.5, 0.6) is 0 Å². The van der Waals surface area contributed by atoms with E-state index in [0.717, 1.165) is 26.7 Å². The number of Topliss-reactive ketones (excluding diaryl/α,β-unsaturated/α-hetero) is 1. The van der Waals surface area contributed by atoms with Crippen molar-refractivity contribution in [2.45, 2.75) is 59.5 Å². The average molecular weight is 412 g/mol. The van der Waals surface area contributed by atoms with E-state index in [4.69, 9.17) is 0 Å². The number of aromatic nitrogens is 1. The van der Waals surface area contributed by atoms with Crippen molar-refractivity contribution in [1.82, 2.24) is 9.88 Å². The van der Waals surface area contributed by atoms with Gasteiger partial charge in [0.1, 0.15) is 10.8 Å². The highest BCUT2D eigenvalue weighted by Gasteiger charge is 2.40. The minimum atomic E-state index is -0.205. The number of nitrogens with zero attached hydrogens (tertiary/aromatic N) is 2. The highest BCUT2D eigenvalue weighted by molar-refractivity contribution is 7.15. The minimum absolute atomic E-state index is 0.00649. The molecule has 1 saturated carbocycles. The van der Waals surface area contributed by atoms with E-state index in [0.29, 0.717) is 30.1 Å². The zero-order valence-electron chi connectivity index (χ0n) is 17.2. The van der Waals surface area contributed by atoms with Gasteiger partial charge in [-0.05, 0) is 62.8 Å². The number of nitrogens with one attached hydrogen (secondary N) is 1. The number of aryl methyl sites for hydroxylation is 1. The van der Waals surface area contributed by atoms with Gasteiger partial charge < -0.3 is 10.2 Å². The fourth-order valence-corrected chi connectivity index (χ4v) is 5.19. The number of amides is 2. The molecule has 2 aliphatic rings. The first-order valence-corrected chi connectivity index (χ1v) is 10.8. The number of hydrogen-bond donors (Lipinski definition) is 1. The second-order valence-corrected chi connectivity index (χ2v) is 9.23. The molecular formula is C22H25N3O3S. The van der Waals surface area contributed by atoms with Crippen LogP contribution in [0.4, 0.5) is 5.69 Å². The van der Waals surface area contributed by atoms with Crippen LogP contribution in [0.3, 0.4) is 0 Å². The predicted octanol–water partition coefficient (Wildman–Crippen LogP) is 3.96. The Morgan fingerprint density at radius 2 is 2.03 bits per heavy atom. The van der Waals surface area contributed by atoms with E-state index in [1.54, 1.807) is 6.92 Å². The molecule has 7 heteroatoms. The standard InChI is InChI=1S/C22H25N3O3S/c1-11(26)7-19-23-12(2)21(29-19)16-8-17-10-25(13(3)15-5-6-15)22(28)20(17)18(9-16)24-14(4)27/h8-9,13,15H,5-7,10H2,1-4H3,(H,24,27)/t13-/m0/s1. The molecule has 0 spiro atoms. The molecule has 1 atom stereocenters. The van der Waals surface area contributed by atoms with E-state index in [2.05, 4.69) is 17.2 Å². The number of benzene rings is 1. The van der Waals surface area contributed by atoms with Crippen LogP contribution in [-0.2, 0) is 22.6 Å². The maximum Gasteiger partial charge on any atom is 0.256 e. The number of carbonyl (C=O) groups excluding carboxylic acids is 3. The zero-order chi connectivity index (χ0) is 20.9. The van der Waals surface area contributed by atoms with E-state index >= 15 is 0 Å². The van der Waals surface area contributed by atoms with E-state index < -0.39 is 0 Å². The summed E-state index contributed by atoms with van der Waals surface area (Å²) >= 11 is 1.49. The third kappa shape index (κ3) is 3.83. The SMILES string of the molecule is CC(=O)Cc1nc(C)c(-c2cc3c(c(NC(C)=O)c2)C(=O)N([C@@H](C)C2CC2)C3)s1. The lowest BCUT2D eigenvalue weighted by molar-refractivity contribution is -0.116. The summed E-state index contributed by atoms with van der Waals surface area (Å²) < 4.78 is 0. The van der Waals surface area contributed by atoms with Crippen LogP contribution < -0.4 is 5.32 Å². The van der Waals surface area contributed by atoms with E-state index in [1.807, 2.05) is 24.0 Å². The smallest absolute Gasteiger partial charge is 0.256 e. The number of thiazole rings is 1. The fraction of sp³-hybridized carbons (Fsp3) is 0.455. The van der Waals surface area contributed by atoms with Gasteiger partial charge in [-0.3, -0.25) is 14.4 Å². The van der Waals surface area contributed by atoms with Crippen molar-refractivity contribution in [3.8, 4) is 10.4 Å². The second kappa shape index (κ2) is 7.37. The number of ketones is 1. The minimum Gasteiger partial charge on any atom is -0.331 e. The highest BCUT2D eigenvalue weighted by atomic mass is 32.1. The van der Waals surface area contributed by atoms with Gasteiger partial charge in [0.15, 0.2) is 0 Å². The first-order chi connectivity index (χ1) is 13.7. The molecule has 4 rings (SSSR count). The molecule has 2 aromatic rings. The molecule has 2 amide bonds. The molecule has 0 saturated heterocycles. The topological polar surface area (TPSA) is 79.4 Å². The highest BCUT2D eigenvalue weighted by Crippen LogP contribution is 2.42. The van der Waals surface area contributed by atoms with Gasteiger partial charge in [-0.2, -0.15) is 0 Å². The summed E-state index contributed by atoms with van der Waals surface area (Å²) in [5.74, 6) is 0.445. The molecule has 1 fully saturated rings. The van der Waals surface area contributed by atoms with Crippen LogP contribution in [0.25, 0.3) is 10.4 Å². The maximum atomic E-state index is 13.1. The Kier molecular flexibility index (Phi) is 5.02. The number of rotatable bonds is 6. The van der Waals surface area contributed by atoms with Crippen LogP contribution in [-0.4, -0.2) is 33.5 Å². The van der Waals surface area contributed by atoms with E-state index in [9.17, 15) is 14.4 Å². The van der Waals surface area contributed by atoms with Gasteiger partial charge in [0.2, 0.25) is 5.91 Å². The first kappa shape index (κ1) is 19.8. The number of fused-ring (bicyclic) bond motifs is 1. The Hall–Kier alpha value is -2.54. The van der Waals surface area contributed by atoms with Gasteiger partial charge in [-0.25, -0.2) is 4.98 Å². The summed E-state index contributed by atoms with van der Waals surface area (Å²) in [7, 11) is 0. The van der Waals surface area contributed by atoms with Crippen molar-refractivity contribution in [2.75, 3.05) is 5.32 Å². The van der Waals surface area contributed by atoms with Crippen molar-refractivity contribution in [3.05, 3.63) is 34.0 Å². The van der Waals surface area contributed by atoms with Crippen molar-refractivity contribution < 1.29 is 14.4 Å². The van der Waals surface area contributed by atoms with E-state index in [1.165, 1.54) is 31.1 Å². The van der Waals surface area contributed by atoms with Gasteiger partial charge in [-0.15, -0.1) is 11.3 Å². The lowest BCUT2D eigenvalue weighted by Gasteiger charge is -2.24. The molecule has 1 N–H and O–H groups in total. The van der Waals surface area contributed by atoms with Crippen molar-refractivity contribution >= 4 is 34.6 Å². The molecule has 1 aliphatic carbocycles. The van der Waals surface area contributed by atoms with Gasteiger partial charge in [0.05, 0.1) is 28.2 Å². The van der Waals surface area contributed by atoms with Crippen molar-refractivity contribution in [2.24, 2.45) is 5.92 Å². The normalized spacial score (nSPS) is 16.7. The Morgan fingerprint density at radius 3 is 2.66 bits per heavy atom. The summed E-state index contributed by atoms with van der Waals surface area (Å²) in [6, 6.07) is 4.10. The van der Waals surface area contributed by atoms with Crippen LogP contribution in [0, 0.1) is 12.8 Å². The molecular weight excluding hydrogens is 386 g/mol. The summed E-state index contributed by atoms with van der Waals surface area (Å²) in [6.07, 6.45) is 2.66. The Labute approximate surface area is 174 Å². The average Bonchev–Trinajstić information content (AvgIpc) is 3.33. The lowest BCUT2D eigenvalue weighted by atomic mass is 10.0. The second-order valence-electron chi connectivity index (χ2n) is 8.15. The summed E-state index contributed by atoms with van der Waals surface area (Å²) in [6.45, 7) is 7.60. The number of anilines is 1. The molecule has 2 heterocycles. The Balaban J connectivity index is 1.76. The summed E-state index contributed by atoms with van der Waals surface area (Å²) in [5, 5.41) is 3.64. The fourth-order valence-electron chi connectivity index (χ4n) is 4.07. The molecule has 29 heavy (non-hydrogen) atoms. The Morgan fingerprint density at radius 1 is 1.31 bits per heavy atom. The van der Waals surface area contributed by atoms with Gasteiger partial charge in [0, 0.05) is 19.5 Å². The first-order valence-electron chi connectivity index (χ1n) is 9.96.